The third kappa shape index (κ3) is 4.80. The number of nitrogens with zero attached hydrogens (tertiary/aromatic N) is 3. The van der Waals surface area contributed by atoms with E-state index < -0.39 is 6.10 Å². The lowest BCUT2D eigenvalue weighted by Gasteiger charge is -2.24. The molecule has 170 valence electrons. The number of aromatic nitrogens is 2. The molecule has 1 aromatic carbocycles. The van der Waals surface area contributed by atoms with Crippen LogP contribution in [-0.4, -0.2) is 51.6 Å². The number of rotatable bonds is 10. The normalized spacial score (nSPS) is 14.5. The second-order valence-corrected chi connectivity index (χ2v) is 9.33. The first-order valence-electron chi connectivity index (χ1n) is 11.2. The van der Waals surface area contributed by atoms with Crippen LogP contribution in [0.25, 0.3) is 4.83 Å². The zero-order valence-corrected chi connectivity index (χ0v) is 19.6. The molecule has 32 heavy (non-hydrogen) atoms. The van der Waals surface area contributed by atoms with Crippen LogP contribution < -0.4 is 10.1 Å². The van der Waals surface area contributed by atoms with E-state index in [1.54, 1.807) is 10.7 Å². The van der Waals surface area contributed by atoms with Crippen LogP contribution in [-0.2, 0) is 4.79 Å². The summed E-state index contributed by atoms with van der Waals surface area (Å²) in [5, 5.41) is 9.15. The maximum absolute atomic E-state index is 13.1. The van der Waals surface area contributed by atoms with Gasteiger partial charge >= 0.3 is 0 Å². The van der Waals surface area contributed by atoms with Gasteiger partial charge in [0.1, 0.15) is 10.6 Å². The molecule has 2 amide bonds. The van der Waals surface area contributed by atoms with Crippen molar-refractivity contribution in [1.82, 2.24) is 19.8 Å². The van der Waals surface area contributed by atoms with Crippen LogP contribution in [0.1, 0.15) is 61.9 Å². The van der Waals surface area contributed by atoms with E-state index in [1.165, 1.54) is 11.3 Å². The molecule has 1 aliphatic rings. The van der Waals surface area contributed by atoms with Crippen molar-refractivity contribution in [2.24, 2.45) is 0 Å². The number of benzene rings is 1. The highest BCUT2D eigenvalue weighted by atomic mass is 32.1. The Kier molecular flexibility index (Phi) is 6.79. The predicted octanol–water partition coefficient (Wildman–Crippen LogP) is 4.10. The molecule has 3 aromatic rings. The van der Waals surface area contributed by atoms with Crippen LogP contribution in [0.5, 0.6) is 5.75 Å². The lowest BCUT2D eigenvalue weighted by Crippen LogP contribution is -2.44. The summed E-state index contributed by atoms with van der Waals surface area (Å²) in [6, 6.07) is 8.09. The molecule has 0 saturated heterocycles. The molecule has 0 aliphatic heterocycles. The minimum Gasteiger partial charge on any atom is -0.480 e. The molecule has 2 heterocycles. The zero-order valence-electron chi connectivity index (χ0n) is 18.8. The van der Waals surface area contributed by atoms with Crippen molar-refractivity contribution in [1.29, 1.82) is 0 Å². The molecule has 2 aromatic heterocycles. The van der Waals surface area contributed by atoms with E-state index in [-0.39, 0.29) is 17.9 Å². The van der Waals surface area contributed by atoms with Gasteiger partial charge in [-0.05, 0) is 36.8 Å². The van der Waals surface area contributed by atoms with Crippen LogP contribution in [0, 0.1) is 0 Å². The van der Waals surface area contributed by atoms with Gasteiger partial charge in [0.2, 0.25) is 0 Å². The average Bonchev–Trinajstić information content (AvgIpc) is 3.37. The molecule has 4 rings (SSSR count). The maximum Gasteiger partial charge on any atom is 0.261 e. The van der Waals surface area contributed by atoms with Crippen molar-refractivity contribution in [2.45, 2.75) is 58.1 Å². The van der Waals surface area contributed by atoms with Gasteiger partial charge in [0, 0.05) is 30.7 Å². The average molecular weight is 455 g/mol. The molecule has 1 aliphatic carbocycles. The predicted molar refractivity (Wildman–Crippen MR) is 125 cm³/mol. The summed E-state index contributed by atoms with van der Waals surface area (Å²) in [7, 11) is 0. The van der Waals surface area contributed by atoms with Crippen molar-refractivity contribution < 1.29 is 14.3 Å². The molecule has 1 N–H and O–H groups in total. The summed E-state index contributed by atoms with van der Waals surface area (Å²) >= 11 is 1.50. The molecule has 1 atom stereocenters. The Hall–Kier alpha value is -2.87. The summed E-state index contributed by atoms with van der Waals surface area (Å²) < 4.78 is 7.80. The molecule has 0 radical (unpaired) electrons. The van der Waals surface area contributed by atoms with E-state index in [0.29, 0.717) is 31.0 Å². The maximum atomic E-state index is 13.1. The van der Waals surface area contributed by atoms with Crippen LogP contribution in [0.3, 0.4) is 0 Å². The second-order valence-electron chi connectivity index (χ2n) is 8.44. The van der Waals surface area contributed by atoms with E-state index in [0.717, 1.165) is 29.0 Å². The van der Waals surface area contributed by atoms with Crippen LogP contribution in [0.2, 0.25) is 0 Å². The molecule has 7 nitrogen and oxygen atoms in total. The van der Waals surface area contributed by atoms with E-state index in [2.05, 4.69) is 24.3 Å². The smallest absolute Gasteiger partial charge is 0.261 e. The van der Waals surface area contributed by atoms with Crippen molar-refractivity contribution in [2.75, 3.05) is 13.1 Å². The fraction of sp³-hybridized carbons (Fsp3) is 0.458. The number of carbonyl (C=O) groups excluding carboxylic acids is 2. The Morgan fingerprint density at radius 3 is 2.81 bits per heavy atom. The van der Waals surface area contributed by atoms with Crippen LogP contribution >= 0.6 is 11.3 Å². The summed E-state index contributed by atoms with van der Waals surface area (Å²) in [6.45, 7) is 7.02. The molecular weight excluding hydrogens is 424 g/mol. The van der Waals surface area contributed by atoms with Gasteiger partial charge in [0.25, 0.3) is 11.8 Å². The molecule has 1 unspecified atom stereocenters. The number of para-hydroxylation sites is 1. The number of nitrogens with one attached hydrogen (secondary N) is 1. The van der Waals surface area contributed by atoms with Crippen molar-refractivity contribution in [3.05, 3.63) is 53.2 Å². The molecule has 0 spiro atoms. The minimum atomic E-state index is -0.568. The Labute approximate surface area is 192 Å². The van der Waals surface area contributed by atoms with Gasteiger partial charge < -0.3 is 15.0 Å². The number of ether oxygens (including phenoxy) is 1. The van der Waals surface area contributed by atoms with E-state index in [4.69, 9.17) is 4.74 Å². The van der Waals surface area contributed by atoms with Crippen LogP contribution in [0.4, 0.5) is 0 Å². The van der Waals surface area contributed by atoms with Gasteiger partial charge in [-0.15, -0.1) is 11.3 Å². The molecule has 1 fully saturated rings. The molecule has 0 bridgehead atoms. The highest BCUT2D eigenvalue weighted by Crippen LogP contribution is 2.30. The number of amides is 2. The molecule has 8 heteroatoms. The van der Waals surface area contributed by atoms with Crippen LogP contribution in [0.15, 0.2) is 42.0 Å². The van der Waals surface area contributed by atoms with Crippen molar-refractivity contribution in [3.8, 4) is 5.75 Å². The number of thiazole rings is 1. The number of hydrogen-bond donors (Lipinski definition) is 1. The lowest BCUT2D eigenvalue weighted by atomic mass is 10.0. The Morgan fingerprint density at radius 2 is 2.09 bits per heavy atom. The second kappa shape index (κ2) is 9.73. The number of fused-ring (bicyclic) bond motifs is 1. The fourth-order valence-electron chi connectivity index (χ4n) is 3.82. The largest absolute Gasteiger partial charge is 0.480 e. The highest BCUT2D eigenvalue weighted by molar-refractivity contribution is 7.15. The molecule has 1 saturated carbocycles. The van der Waals surface area contributed by atoms with Crippen molar-refractivity contribution in [3.63, 3.8) is 0 Å². The van der Waals surface area contributed by atoms with Gasteiger partial charge in [-0.25, -0.2) is 4.52 Å². The summed E-state index contributed by atoms with van der Waals surface area (Å²) in [6.07, 6.45) is 5.48. The Balaban J connectivity index is 1.36. The van der Waals surface area contributed by atoms with Gasteiger partial charge in [0.15, 0.2) is 6.10 Å². The van der Waals surface area contributed by atoms with E-state index in [1.807, 2.05) is 47.7 Å². The summed E-state index contributed by atoms with van der Waals surface area (Å²) in [5.41, 5.74) is 1.71. The standard InChI is InChI=1S/C24H30N4O3S/c1-4-20(31-21-8-6-5-7-18(21)16(2)3)22(29)25-11-12-27(17-9-10-17)23(30)19-15-26-28-13-14-32-24(19)28/h5-8,13-17,20H,4,9-12H2,1-3H3,(H,25,29). The molecular formula is C24H30N4O3S. The van der Waals surface area contributed by atoms with Crippen molar-refractivity contribution >= 4 is 28.0 Å². The Bertz CT molecular complexity index is 1090. The SMILES string of the molecule is CCC(Oc1ccccc1C(C)C)C(=O)NCCN(C(=O)c1cnn2ccsc12)C1CC1. The first-order chi connectivity index (χ1) is 15.5. The zero-order chi connectivity index (χ0) is 22.7. The summed E-state index contributed by atoms with van der Waals surface area (Å²) in [4.78, 5) is 28.7. The highest BCUT2D eigenvalue weighted by Gasteiger charge is 2.34. The van der Waals surface area contributed by atoms with Gasteiger partial charge in [-0.2, -0.15) is 5.10 Å². The van der Waals surface area contributed by atoms with Gasteiger partial charge in [0.05, 0.1) is 11.8 Å². The third-order valence-corrected chi connectivity index (χ3v) is 6.62. The number of hydrogen-bond acceptors (Lipinski definition) is 5. The van der Waals surface area contributed by atoms with Gasteiger partial charge in [-0.1, -0.05) is 39.0 Å². The first-order valence-corrected chi connectivity index (χ1v) is 12.1. The number of carbonyl (C=O) groups is 2. The lowest BCUT2D eigenvalue weighted by molar-refractivity contribution is -0.128. The van der Waals surface area contributed by atoms with E-state index >= 15 is 0 Å². The van der Waals surface area contributed by atoms with E-state index in [9.17, 15) is 9.59 Å². The first kappa shape index (κ1) is 22.3. The van der Waals surface area contributed by atoms with Gasteiger partial charge in [-0.3, -0.25) is 9.59 Å². The Morgan fingerprint density at radius 1 is 1.31 bits per heavy atom. The minimum absolute atomic E-state index is 0.0200. The fourth-order valence-corrected chi connectivity index (χ4v) is 4.61. The topological polar surface area (TPSA) is 75.9 Å². The monoisotopic (exact) mass is 454 g/mol. The quantitative estimate of drug-likeness (QED) is 0.500. The summed E-state index contributed by atoms with van der Waals surface area (Å²) in [5.74, 6) is 0.887. The third-order valence-electron chi connectivity index (χ3n) is 5.74.